The van der Waals surface area contributed by atoms with E-state index in [1.165, 1.54) is 0 Å². The van der Waals surface area contributed by atoms with Crippen LogP contribution in [0.2, 0.25) is 5.02 Å². The predicted octanol–water partition coefficient (Wildman–Crippen LogP) is 5.64. The summed E-state index contributed by atoms with van der Waals surface area (Å²) in [5, 5.41) is -0.133. The van der Waals surface area contributed by atoms with Gasteiger partial charge in [0.05, 0.1) is 5.54 Å². The molecule has 2 aromatic carbocycles. The van der Waals surface area contributed by atoms with E-state index >= 15 is 0 Å². The fraction of sp³-hybridized carbons (Fsp3) is 0.222. The number of nitrogens with zero attached hydrogens (tertiary/aromatic N) is 1. The van der Waals surface area contributed by atoms with E-state index in [0.717, 1.165) is 17.1 Å². The van der Waals surface area contributed by atoms with Gasteiger partial charge in [0.15, 0.2) is 0 Å². The molecule has 0 aromatic heterocycles. The number of hydrazine groups is 1. The highest BCUT2D eigenvalue weighted by Gasteiger charge is 2.25. The summed E-state index contributed by atoms with van der Waals surface area (Å²) in [6, 6.07) is 10.5. The van der Waals surface area contributed by atoms with Crippen molar-refractivity contribution >= 4 is 59.2 Å². The van der Waals surface area contributed by atoms with E-state index in [9.17, 15) is 18.4 Å². The highest BCUT2D eigenvalue weighted by molar-refractivity contribution is 6.67. The van der Waals surface area contributed by atoms with Crippen LogP contribution in [0.1, 0.15) is 41.5 Å². The summed E-state index contributed by atoms with van der Waals surface area (Å²) in [7, 11) is 0. The molecular weight excluding hydrogens is 456 g/mol. The highest BCUT2D eigenvalue weighted by atomic mass is 35.5. The van der Waals surface area contributed by atoms with Crippen LogP contribution in [0.15, 0.2) is 42.5 Å². The Hall–Kier alpha value is -1.44. The normalized spacial score (nSPS) is 9.86. The van der Waals surface area contributed by atoms with Crippen molar-refractivity contribution < 1.29 is 18.4 Å². The second-order valence-electron chi connectivity index (χ2n) is 6.24. The van der Waals surface area contributed by atoms with E-state index in [1.807, 2.05) is 6.07 Å². The molecule has 2 rings (SSSR count). The zero-order valence-corrected chi connectivity index (χ0v) is 18.4. The molecule has 0 aliphatic carbocycles. The first kappa shape index (κ1) is 28.8. The van der Waals surface area contributed by atoms with Gasteiger partial charge in [-0.25, -0.2) is 14.6 Å². The molecule has 1 amide bonds. The largest absolute Gasteiger partial charge is 0.276 e. The molecule has 0 radical (unpaired) electrons. The lowest BCUT2D eigenvalue weighted by Gasteiger charge is -2.31. The van der Waals surface area contributed by atoms with Gasteiger partial charge in [-0.1, -0.05) is 41.9 Å². The first-order chi connectivity index (χ1) is 11.9. The molecule has 0 aliphatic rings. The molecule has 0 bridgehead atoms. The van der Waals surface area contributed by atoms with Crippen LogP contribution < -0.4 is 5.84 Å². The van der Waals surface area contributed by atoms with Gasteiger partial charge >= 0.3 is 0 Å². The minimum absolute atomic E-state index is 0. The summed E-state index contributed by atoms with van der Waals surface area (Å²) in [6.07, 6.45) is 0. The summed E-state index contributed by atoms with van der Waals surface area (Å²) in [6.45, 7) is 5.11. The molecule has 28 heavy (non-hydrogen) atoms. The Morgan fingerprint density at radius 3 is 1.71 bits per heavy atom. The second-order valence-corrected chi connectivity index (χ2v) is 6.96. The lowest BCUT2D eigenvalue weighted by Crippen LogP contribution is -2.50. The molecule has 156 valence electrons. The molecule has 2 aromatic rings. The number of carbonyl (C=O) groups is 2. The van der Waals surface area contributed by atoms with E-state index in [0.29, 0.717) is 5.56 Å². The number of carbonyl (C=O) groups excluding carboxylic acids is 2. The van der Waals surface area contributed by atoms with Crippen molar-refractivity contribution in [2.75, 3.05) is 0 Å². The van der Waals surface area contributed by atoms with Crippen molar-refractivity contribution in [1.82, 2.24) is 5.01 Å². The Kier molecular flexibility index (Phi) is 12.5. The first-order valence-electron chi connectivity index (χ1n) is 7.43. The number of nitrogens with two attached hydrogens (primary N) is 1. The summed E-state index contributed by atoms with van der Waals surface area (Å²) in [5.41, 5.74) is -0.287. The SMILES string of the molecule is CC(C)(C)N(N)C(=O)c1cc(F)c(Cl)c(F)c1.Cl.Cl.O=C(Cl)c1ccccc1. The van der Waals surface area contributed by atoms with Crippen LogP contribution in [0.3, 0.4) is 0 Å². The number of amides is 1. The lowest BCUT2D eigenvalue weighted by molar-refractivity contribution is 0.0580. The molecule has 0 heterocycles. The molecule has 4 nitrogen and oxygen atoms in total. The van der Waals surface area contributed by atoms with Crippen LogP contribution >= 0.6 is 48.0 Å². The Morgan fingerprint density at radius 1 is 0.964 bits per heavy atom. The summed E-state index contributed by atoms with van der Waals surface area (Å²) in [5.74, 6) is 2.92. The molecule has 10 heteroatoms. The van der Waals surface area contributed by atoms with E-state index in [1.54, 1.807) is 45.0 Å². The Bertz CT molecular complexity index is 777. The van der Waals surface area contributed by atoms with E-state index in [4.69, 9.17) is 29.0 Å². The fourth-order valence-corrected chi connectivity index (χ4v) is 1.93. The highest BCUT2D eigenvalue weighted by Crippen LogP contribution is 2.22. The van der Waals surface area contributed by atoms with Gasteiger partial charge in [0.2, 0.25) is 0 Å². The van der Waals surface area contributed by atoms with Crippen LogP contribution in [-0.4, -0.2) is 21.7 Å². The predicted molar refractivity (Wildman–Crippen MR) is 113 cm³/mol. The summed E-state index contributed by atoms with van der Waals surface area (Å²) < 4.78 is 26.4. The van der Waals surface area contributed by atoms with Gasteiger partial charge in [0.1, 0.15) is 16.7 Å². The van der Waals surface area contributed by atoms with Gasteiger partial charge in [-0.15, -0.1) is 24.8 Å². The Morgan fingerprint density at radius 2 is 1.39 bits per heavy atom. The molecule has 0 unspecified atom stereocenters. The number of hydrogen-bond donors (Lipinski definition) is 1. The zero-order chi connectivity index (χ0) is 20.1. The van der Waals surface area contributed by atoms with Gasteiger partial charge in [-0.2, -0.15) is 0 Å². The number of halogens is 6. The van der Waals surface area contributed by atoms with E-state index in [2.05, 4.69) is 0 Å². The maximum absolute atomic E-state index is 13.2. The molecule has 2 N–H and O–H groups in total. The third-order valence-corrected chi connectivity index (χ3v) is 3.75. The van der Waals surface area contributed by atoms with Gasteiger partial charge in [0, 0.05) is 11.1 Å². The Labute approximate surface area is 184 Å². The molecule has 0 saturated carbocycles. The third-order valence-electron chi connectivity index (χ3n) is 3.17. The van der Waals surface area contributed by atoms with Crippen LogP contribution in [0, 0.1) is 11.6 Å². The van der Waals surface area contributed by atoms with Gasteiger partial charge in [-0.05, 0) is 44.5 Å². The van der Waals surface area contributed by atoms with Crippen molar-refractivity contribution in [2.45, 2.75) is 26.3 Å². The maximum atomic E-state index is 13.2. The van der Waals surface area contributed by atoms with Crippen LogP contribution in [0.4, 0.5) is 8.78 Å². The quantitative estimate of drug-likeness (QED) is 0.201. The number of benzene rings is 2. The van der Waals surface area contributed by atoms with Crippen LogP contribution in [0.25, 0.3) is 0 Å². The van der Waals surface area contributed by atoms with Crippen LogP contribution in [-0.2, 0) is 0 Å². The van der Waals surface area contributed by atoms with Gasteiger partial charge in [0.25, 0.3) is 11.1 Å². The third kappa shape index (κ3) is 8.29. The first-order valence-corrected chi connectivity index (χ1v) is 8.19. The average Bonchev–Trinajstić information content (AvgIpc) is 2.58. The van der Waals surface area contributed by atoms with Crippen molar-refractivity contribution in [3.8, 4) is 0 Å². The molecule has 0 spiro atoms. The monoisotopic (exact) mass is 474 g/mol. The maximum Gasteiger partial charge on any atom is 0.268 e. The molecular formula is C18H20Cl4F2N2O2. The molecule has 0 fully saturated rings. The zero-order valence-electron chi connectivity index (χ0n) is 15.2. The van der Waals surface area contributed by atoms with Gasteiger partial charge < -0.3 is 0 Å². The van der Waals surface area contributed by atoms with Crippen LogP contribution in [0.5, 0.6) is 0 Å². The topological polar surface area (TPSA) is 63.4 Å². The van der Waals surface area contributed by atoms with Gasteiger partial charge in [-0.3, -0.25) is 14.6 Å². The van der Waals surface area contributed by atoms with Crippen molar-refractivity contribution in [2.24, 2.45) is 5.84 Å². The number of rotatable bonds is 2. The summed E-state index contributed by atoms with van der Waals surface area (Å²) in [4.78, 5) is 22.2. The van der Waals surface area contributed by atoms with Crippen molar-refractivity contribution in [1.29, 1.82) is 0 Å². The lowest BCUT2D eigenvalue weighted by atomic mass is 10.1. The van der Waals surface area contributed by atoms with Crippen molar-refractivity contribution in [3.63, 3.8) is 0 Å². The Balaban J connectivity index is 0. The van der Waals surface area contributed by atoms with E-state index in [-0.39, 0.29) is 30.4 Å². The molecule has 0 atom stereocenters. The summed E-state index contributed by atoms with van der Waals surface area (Å²) >= 11 is 10.5. The van der Waals surface area contributed by atoms with E-state index < -0.39 is 33.3 Å². The molecule has 0 saturated heterocycles. The smallest absolute Gasteiger partial charge is 0.268 e. The minimum atomic E-state index is -0.989. The average molecular weight is 476 g/mol. The standard InChI is InChI=1S/C11H13ClF2N2O.C7H5ClO.2ClH/c1-11(2,3)16(15)10(17)6-4-7(13)9(12)8(14)5-6;8-7(9)6-4-2-1-3-5-6;;/h4-5H,15H2,1-3H3;1-5H;2*1H. The fourth-order valence-electron chi connectivity index (χ4n) is 1.69. The second kappa shape index (κ2) is 12.2. The van der Waals surface area contributed by atoms with Crippen molar-refractivity contribution in [3.05, 3.63) is 70.2 Å². The minimum Gasteiger partial charge on any atom is -0.276 e. The molecule has 0 aliphatic heterocycles. The number of hydrogen-bond acceptors (Lipinski definition) is 3.